The highest BCUT2D eigenvalue weighted by Crippen LogP contribution is 2.32. The van der Waals surface area contributed by atoms with E-state index in [-0.39, 0.29) is 10.7 Å². The summed E-state index contributed by atoms with van der Waals surface area (Å²) >= 11 is 6.18. The van der Waals surface area contributed by atoms with Crippen molar-refractivity contribution in [3.8, 4) is 0 Å². The number of carbonyl (C=O) groups excluding carboxylic acids is 3. The van der Waals surface area contributed by atoms with E-state index in [1.165, 1.54) is 0 Å². The minimum atomic E-state index is -0.570. The van der Waals surface area contributed by atoms with E-state index in [1.807, 2.05) is 26.0 Å². The zero-order chi connectivity index (χ0) is 21.0. The summed E-state index contributed by atoms with van der Waals surface area (Å²) in [4.78, 5) is 38.5. The summed E-state index contributed by atoms with van der Waals surface area (Å²) in [5, 5.41) is 2.73. The van der Waals surface area contributed by atoms with Gasteiger partial charge >= 0.3 is 5.97 Å². The normalized spacial score (nSPS) is 13.8. The molecule has 0 saturated carbocycles. The Morgan fingerprint density at radius 3 is 2.38 bits per heavy atom. The van der Waals surface area contributed by atoms with Crippen LogP contribution in [0.15, 0.2) is 59.3 Å². The molecule has 0 spiro atoms. The fourth-order valence-corrected chi connectivity index (χ4v) is 3.18. The summed E-state index contributed by atoms with van der Waals surface area (Å²) in [6.07, 6.45) is 1.41. The van der Waals surface area contributed by atoms with Crippen molar-refractivity contribution < 1.29 is 19.1 Å². The van der Waals surface area contributed by atoms with Crippen LogP contribution in [-0.4, -0.2) is 24.4 Å². The molecule has 0 unspecified atom stereocenters. The van der Waals surface area contributed by atoms with Crippen LogP contribution in [0.25, 0.3) is 0 Å². The van der Waals surface area contributed by atoms with Crippen molar-refractivity contribution >= 4 is 40.8 Å². The average molecular weight is 413 g/mol. The Balaban J connectivity index is 1.80. The number of halogens is 1. The molecule has 6 nitrogen and oxygen atoms in total. The molecule has 1 aliphatic rings. The van der Waals surface area contributed by atoms with Crippen molar-refractivity contribution in [2.45, 2.75) is 26.7 Å². The number of nitrogens with one attached hydrogen (secondary N) is 1. The molecule has 0 radical (unpaired) electrons. The Morgan fingerprint density at radius 1 is 1.03 bits per heavy atom. The maximum absolute atomic E-state index is 12.9. The Hall–Kier alpha value is -3.12. The number of amides is 2. The van der Waals surface area contributed by atoms with E-state index < -0.39 is 17.8 Å². The molecule has 0 aliphatic carbocycles. The molecule has 0 fully saturated rings. The largest absolute Gasteiger partial charge is 0.462 e. The molecule has 0 atom stereocenters. The number of para-hydroxylation sites is 1. The third-order valence-electron chi connectivity index (χ3n) is 4.47. The zero-order valence-corrected chi connectivity index (χ0v) is 17.0. The summed E-state index contributed by atoms with van der Waals surface area (Å²) in [5.74, 6) is -1.50. The molecular weight excluding hydrogens is 392 g/mol. The quantitative estimate of drug-likeness (QED) is 0.543. The fourth-order valence-electron chi connectivity index (χ4n) is 2.97. The van der Waals surface area contributed by atoms with Gasteiger partial charge in [-0.3, -0.25) is 9.59 Å². The molecule has 150 valence electrons. The molecule has 1 aliphatic heterocycles. The molecule has 29 heavy (non-hydrogen) atoms. The van der Waals surface area contributed by atoms with Crippen LogP contribution in [0.1, 0.15) is 36.2 Å². The lowest BCUT2D eigenvalue weighted by Gasteiger charge is -2.18. The van der Waals surface area contributed by atoms with E-state index >= 15 is 0 Å². The minimum absolute atomic E-state index is 0.00359. The average Bonchev–Trinajstić information content (AvgIpc) is 2.95. The molecule has 3 rings (SSSR count). The summed E-state index contributed by atoms with van der Waals surface area (Å²) < 4.78 is 5.09. The number of nitrogens with zero attached hydrogens (tertiary/aromatic N) is 1. The molecule has 2 aromatic rings. The molecule has 1 heterocycles. The van der Waals surface area contributed by atoms with Crippen LogP contribution in [0.2, 0.25) is 0 Å². The highest BCUT2D eigenvalue weighted by molar-refractivity contribution is 6.53. The Bertz CT molecular complexity index is 983. The Labute approximate surface area is 174 Å². The lowest BCUT2D eigenvalue weighted by molar-refractivity contribution is -0.120. The van der Waals surface area contributed by atoms with Crippen LogP contribution < -0.4 is 10.2 Å². The number of rotatable bonds is 7. The first-order chi connectivity index (χ1) is 14.0. The molecule has 0 saturated heterocycles. The van der Waals surface area contributed by atoms with Crippen LogP contribution in [0.3, 0.4) is 0 Å². The highest BCUT2D eigenvalue weighted by atomic mass is 35.5. The third kappa shape index (κ3) is 4.17. The Kier molecular flexibility index (Phi) is 6.34. The molecule has 1 N–H and O–H groups in total. The number of hydrogen-bond acceptors (Lipinski definition) is 5. The number of benzene rings is 2. The second-order valence-electron chi connectivity index (χ2n) is 6.46. The summed E-state index contributed by atoms with van der Waals surface area (Å²) in [6.45, 7) is 4.22. The van der Waals surface area contributed by atoms with Gasteiger partial charge in [-0.25, -0.2) is 9.69 Å². The van der Waals surface area contributed by atoms with Crippen molar-refractivity contribution in [2.24, 2.45) is 0 Å². The lowest BCUT2D eigenvalue weighted by atomic mass is 10.1. The van der Waals surface area contributed by atoms with Crippen molar-refractivity contribution in [3.05, 3.63) is 70.4 Å². The first kappa shape index (κ1) is 20.6. The fraction of sp³-hybridized carbons (Fsp3) is 0.227. The minimum Gasteiger partial charge on any atom is -0.462 e. The van der Waals surface area contributed by atoms with Gasteiger partial charge in [-0.1, -0.05) is 43.6 Å². The predicted molar refractivity (Wildman–Crippen MR) is 112 cm³/mol. The van der Waals surface area contributed by atoms with E-state index in [2.05, 4.69) is 5.32 Å². The van der Waals surface area contributed by atoms with Crippen LogP contribution in [0, 0.1) is 0 Å². The lowest BCUT2D eigenvalue weighted by Crippen LogP contribution is -2.33. The maximum Gasteiger partial charge on any atom is 0.338 e. The van der Waals surface area contributed by atoms with Crippen molar-refractivity contribution in [1.29, 1.82) is 0 Å². The first-order valence-corrected chi connectivity index (χ1v) is 9.76. The van der Waals surface area contributed by atoms with Gasteiger partial charge in [0.25, 0.3) is 11.8 Å². The van der Waals surface area contributed by atoms with Crippen LogP contribution >= 0.6 is 11.6 Å². The number of esters is 1. The zero-order valence-electron chi connectivity index (χ0n) is 16.2. The van der Waals surface area contributed by atoms with Gasteiger partial charge in [-0.2, -0.15) is 0 Å². The van der Waals surface area contributed by atoms with Gasteiger partial charge in [0.2, 0.25) is 0 Å². The maximum atomic E-state index is 12.9. The number of aryl methyl sites for hydroxylation is 1. The van der Waals surface area contributed by atoms with Crippen molar-refractivity contribution in [3.63, 3.8) is 0 Å². The van der Waals surface area contributed by atoms with Gasteiger partial charge in [0, 0.05) is 5.69 Å². The smallest absolute Gasteiger partial charge is 0.338 e. The second-order valence-corrected chi connectivity index (χ2v) is 6.83. The first-order valence-electron chi connectivity index (χ1n) is 9.38. The predicted octanol–water partition coefficient (Wildman–Crippen LogP) is 4.25. The van der Waals surface area contributed by atoms with E-state index in [9.17, 15) is 14.4 Å². The highest BCUT2D eigenvalue weighted by Gasteiger charge is 2.39. The molecule has 0 bridgehead atoms. The third-order valence-corrected chi connectivity index (χ3v) is 4.82. The summed E-state index contributed by atoms with van der Waals surface area (Å²) in [6, 6.07) is 13.6. The molecule has 0 aromatic heterocycles. The molecular formula is C22H21ClN2O4. The SMILES string of the molecule is CCCOC(=O)c1ccc(NC2=C(Cl)C(=O)N(c3ccccc3CC)C2=O)cc1. The molecule has 7 heteroatoms. The van der Waals surface area contributed by atoms with E-state index in [0.717, 1.165) is 16.9 Å². The molecule has 2 amide bonds. The number of anilines is 2. The van der Waals surface area contributed by atoms with Gasteiger partial charge in [0.15, 0.2) is 0 Å². The summed E-state index contributed by atoms with van der Waals surface area (Å²) in [5.41, 5.74) is 2.32. The van der Waals surface area contributed by atoms with Crippen LogP contribution in [0.5, 0.6) is 0 Å². The van der Waals surface area contributed by atoms with Crippen LogP contribution in [-0.2, 0) is 20.7 Å². The van der Waals surface area contributed by atoms with Crippen LogP contribution in [0.4, 0.5) is 11.4 Å². The van der Waals surface area contributed by atoms with Crippen molar-refractivity contribution in [2.75, 3.05) is 16.8 Å². The van der Waals surface area contributed by atoms with Gasteiger partial charge in [0.1, 0.15) is 10.7 Å². The second kappa shape index (κ2) is 8.92. The van der Waals surface area contributed by atoms with E-state index in [4.69, 9.17) is 16.3 Å². The summed E-state index contributed by atoms with van der Waals surface area (Å²) in [7, 11) is 0. The number of hydrogen-bond donors (Lipinski definition) is 1. The van der Waals surface area contributed by atoms with E-state index in [1.54, 1.807) is 36.4 Å². The topological polar surface area (TPSA) is 75.7 Å². The van der Waals surface area contributed by atoms with Gasteiger partial charge in [-0.05, 0) is 48.7 Å². The number of imide groups is 1. The van der Waals surface area contributed by atoms with Gasteiger partial charge in [-0.15, -0.1) is 0 Å². The van der Waals surface area contributed by atoms with Crippen molar-refractivity contribution in [1.82, 2.24) is 0 Å². The van der Waals surface area contributed by atoms with Gasteiger partial charge in [0.05, 0.1) is 17.9 Å². The number of ether oxygens (including phenoxy) is 1. The standard InChI is InChI=1S/C22H21ClN2O4/c1-3-13-29-22(28)15-9-11-16(12-10-15)24-19-18(23)20(26)25(21(19)27)17-8-6-5-7-14(17)4-2/h5-12,24H,3-4,13H2,1-2H3. The molecule has 2 aromatic carbocycles. The Morgan fingerprint density at radius 2 is 1.72 bits per heavy atom. The van der Waals surface area contributed by atoms with Gasteiger partial charge < -0.3 is 10.1 Å². The number of carbonyl (C=O) groups is 3. The monoisotopic (exact) mass is 412 g/mol. The van der Waals surface area contributed by atoms with E-state index in [0.29, 0.717) is 30.0 Å².